The normalized spacial score (nSPS) is 22.0. The fourth-order valence-corrected chi connectivity index (χ4v) is 6.18. The lowest BCUT2D eigenvalue weighted by Crippen LogP contribution is -2.57. The lowest BCUT2D eigenvalue weighted by atomic mass is 9.67. The van der Waals surface area contributed by atoms with Crippen LogP contribution < -0.4 is 10.1 Å². The van der Waals surface area contributed by atoms with Crippen LogP contribution in [0.5, 0.6) is 5.75 Å². The third kappa shape index (κ3) is 6.69. The topological polar surface area (TPSA) is 41.6 Å². The zero-order valence-corrected chi connectivity index (χ0v) is 24.5. The van der Waals surface area contributed by atoms with Crippen LogP contribution in [0.15, 0.2) is 85.5 Å². The maximum Gasteiger partial charge on any atom is 0.229 e. The molecule has 39 heavy (non-hydrogen) atoms. The van der Waals surface area contributed by atoms with Gasteiger partial charge in [0.05, 0.1) is 18.6 Å². The zero-order chi connectivity index (χ0) is 28.0. The molecule has 4 rings (SSSR count). The molecule has 3 aromatic carbocycles. The van der Waals surface area contributed by atoms with Gasteiger partial charge in [-0.1, -0.05) is 79.5 Å². The number of hydrogen-bond acceptors (Lipinski definition) is 3. The Morgan fingerprint density at radius 1 is 1.08 bits per heavy atom. The van der Waals surface area contributed by atoms with Crippen LogP contribution >= 0.6 is 23.2 Å². The Morgan fingerprint density at radius 2 is 1.79 bits per heavy atom. The Kier molecular flexibility index (Phi) is 9.76. The Labute approximate surface area is 243 Å². The van der Waals surface area contributed by atoms with Gasteiger partial charge < -0.3 is 15.0 Å². The number of carbonyl (C=O) groups is 1. The smallest absolute Gasteiger partial charge is 0.229 e. The van der Waals surface area contributed by atoms with Crippen molar-refractivity contribution >= 4 is 29.1 Å². The molecule has 1 heterocycles. The third-order valence-corrected chi connectivity index (χ3v) is 8.41. The maximum absolute atomic E-state index is 14.4. The van der Waals surface area contributed by atoms with Crippen molar-refractivity contribution in [1.29, 1.82) is 0 Å². The van der Waals surface area contributed by atoms with E-state index in [4.69, 9.17) is 27.9 Å². The Balaban J connectivity index is 1.72. The van der Waals surface area contributed by atoms with Gasteiger partial charge in [-0.3, -0.25) is 4.79 Å². The number of hydrogen-bond donors (Lipinski definition) is 1. The van der Waals surface area contributed by atoms with E-state index in [1.54, 1.807) is 7.11 Å². The lowest BCUT2D eigenvalue weighted by molar-refractivity contribution is -0.154. The molecule has 1 N–H and O–H groups in total. The lowest BCUT2D eigenvalue weighted by Gasteiger charge is -2.52. The van der Waals surface area contributed by atoms with Gasteiger partial charge in [0.25, 0.3) is 0 Å². The summed E-state index contributed by atoms with van der Waals surface area (Å²) in [6, 6.07) is 23.9. The molecule has 0 aliphatic carbocycles. The molecule has 0 radical (unpaired) electrons. The van der Waals surface area contributed by atoms with Crippen molar-refractivity contribution in [3.63, 3.8) is 0 Å². The first-order valence-electron chi connectivity index (χ1n) is 13.6. The predicted octanol–water partition coefficient (Wildman–Crippen LogP) is 8.21. The van der Waals surface area contributed by atoms with Crippen LogP contribution in [0, 0.1) is 5.41 Å². The van der Waals surface area contributed by atoms with Gasteiger partial charge in [-0.05, 0) is 72.4 Å². The monoisotopic (exact) mass is 564 g/mol. The number of nitrogens with one attached hydrogen (secondary N) is 1. The van der Waals surface area contributed by atoms with Gasteiger partial charge in [-0.2, -0.15) is 0 Å². The van der Waals surface area contributed by atoms with Crippen LogP contribution in [0.2, 0.25) is 10.0 Å². The van der Waals surface area contributed by atoms with E-state index in [9.17, 15) is 4.79 Å². The molecular formula is C33H38Cl2N2O2. The van der Waals surface area contributed by atoms with Crippen molar-refractivity contribution in [1.82, 2.24) is 10.2 Å². The minimum absolute atomic E-state index is 0.0115. The van der Waals surface area contributed by atoms with Crippen LogP contribution in [0.3, 0.4) is 0 Å². The number of rotatable bonds is 11. The SMILES string of the molecule is C=CC[C@]1(C)C[C@@H](c2cccc(Cl)c2)C(c2ccc(Cl)cc2)N(C(CC)CNCc2ccc(OC)cc2)C1=O. The van der Waals surface area contributed by atoms with Gasteiger partial charge in [0, 0.05) is 35.1 Å². The summed E-state index contributed by atoms with van der Waals surface area (Å²) < 4.78 is 5.29. The highest BCUT2D eigenvalue weighted by Crippen LogP contribution is 2.52. The number of piperidine rings is 1. The number of ether oxygens (including phenoxy) is 1. The molecule has 4 nitrogen and oxygen atoms in total. The first-order valence-corrected chi connectivity index (χ1v) is 14.3. The van der Waals surface area contributed by atoms with Gasteiger partial charge in [0.1, 0.15) is 5.75 Å². The van der Waals surface area contributed by atoms with E-state index >= 15 is 0 Å². The van der Waals surface area contributed by atoms with E-state index in [1.165, 1.54) is 0 Å². The van der Waals surface area contributed by atoms with Gasteiger partial charge in [0.15, 0.2) is 0 Å². The first kappa shape index (κ1) is 29.2. The van der Waals surface area contributed by atoms with Gasteiger partial charge in [-0.25, -0.2) is 0 Å². The number of halogens is 2. The molecule has 3 aromatic rings. The first-order chi connectivity index (χ1) is 18.8. The van der Waals surface area contributed by atoms with E-state index in [1.807, 2.05) is 48.5 Å². The van der Waals surface area contributed by atoms with Gasteiger partial charge in [0.2, 0.25) is 5.91 Å². The van der Waals surface area contributed by atoms with E-state index in [0.29, 0.717) is 36.0 Å². The summed E-state index contributed by atoms with van der Waals surface area (Å²) in [5.41, 5.74) is 2.81. The summed E-state index contributed by atoms with van der Waals surface area (Å²) in [4.78, 5) is 16.6. The van der Waals surface area contributed by atoms with E-state index in [2.05, 4.69) is 61.0 Å². The highest BCUT2D eigenvalue weighted by atomic mass is 35.5. The second kappa shape index (κ2) is 13.0. The molecule has 4 atom stereocenters. The number of amides is 1. The highest BCUT2D eigenvalue weighted by molar-refractivity contribution is 6.30. The average molecular weight is 566 g/mol. The quantitative estimate of drug-likeness (QED) is 0.238. The standard InChI is InChI=1S/C33H38Cl2N2O2/c1-5-18-33(3)20-30(25-8-7-9-27(35)19-25)31(24-12-14-26(34)15-13-24)37(32(33)38)28(6-2)22-36-21-23-10-16-29(39-4)17-11-23/h5,7-17,19,28,30-31,36H,1,6,18,20-22H2,2-4H3/t28?,30-,31?,33+/m0/s1. The van der Waals surface area contributed by atoms with Crippen LogP contribution in [0.4, 0.5) is 0 Å². The van der Waals surface area contributed by atoms with E-state index in [-0.39, 0.29) is 23.9 Å². The molecule has 0 aromatic heterocycles. The number of allylic oxidation sites excluding steroid dienone is 1. The summed E-state index contributed by atoms with van der Waals surface area (Å²) in [6.07, 6.45) is 4.01. The summed E-state index contributed by atoms with van der Waals surface area (Å²) in [6.45, 7) is 9.60. The minimum Gasteiger partial charge on any atom is -0.497 e. The third-order valence-electron chi connectivity index (χ3n) is 7.92. The van der Waals surface area contributed by atoms with Crippen LogP contribution in [-0.4, -0.2) is 30.5 Å². The van der Waals surface area contributed by atoms with Crippen molar-refractivity contribution in [3.8, 4) is 5.75 Å². The number of carbonyl (C=O) groups excluding carboxylic acids is 1. The molecule has 206 valence electrons. The second-order valence-corrected chi connectivity index (χ2v) is 11.5. The Bertz CT molecular complexity index is 1260. The molecule has 0 saturated carbocycles. The molecule has 1 aliphatic rings. The molecule has 2 unspecified atom stereocenters. The van der Waals surface area contributed by atoms with E-state index in [0.717, 1.165) is 28.9 Å². The van der Waals surface area contributed by atoms with Crippen LogP contribution in [0.25, 0.3) is 0 Å². The largest absolute Gasteiger partial charge is 0.497 e. The second-order valence-electron chi connectivity index (χ2n) is 10.7. The number of nitrogens with zero attached hydrogens (tertiary/aromatic N) is 1. The number of methoxy groups -OCH3 is 1. The summed E-state index contributed by atoms with van der Waals surface area (Å²) >= 11 is 12.8. The van der Waals surface area contributed by atoms with Crippen molar-refractivity contribution in [3.05, 3.63) is 112 Å². The van der Waals surface area contributed by atoms with Crippen LogP contribution in [-0.2, 0) is 11.3 Å². The molecule has 1 aliphatic heterocycles. The zero-order valence-electron chi connectivity index (χ0n) is 23.0. The number of likely N-dealkylation sites (tertiary alicyclic amines) is 1. The Morgan fingerprint density at radius 3 is 2.41 bits per heavy atom. The molecular weight excluding hydrogens is 527 g/mol. The highest BCUT2D eigenvalue weighted by Gasteiger charge is 2.50. The predicted molar refractivity (Wildman–Crippen MR) is 162 cm³/mol. The molecule has 1 amide bonds. The molecule has 1 saturated heterocycles. The van der Waals surface area contributed by atoms with Gasteiger partial charge in [-0.15, -0.1) is 6.58 Å². The summed E-state index contributed by atoms with van der Waals surface area (Å²) in [5.74, 6) is 1.06. The van der Waals surface area contributed by atoms with E-state index < -0.39 is 5.41 Å². The van der Waals surface area contributed by atoms with Crippen LogP contribution in [0.1, 0.15) is 61.8 Å². The van der Waals surface area contributed by atoms with Crippen molar-refractivity contribution in [2.75, 3.05) is 13.7 Å². The van der Waals surface area contributed by atoms with Crippen molar-refractivity contribution in [2.45, 2.75) is 57.7 Å². The van der Waals surface area contributed by atoms with Crippen molar-refractivity contribution < 1.29 is 9.53 Å². The fraction of sp³-hybridized carbons (Fsp3) is 0.364. The molecule has 0 spiro atoms. The van der Waals surface area contributed by atoms with Gasteiger partial charge >= 0.3 is 0 Å². The Hall–Kier alpha value is -2.79. The molecule has 6 heteroatoms. The summed E-state index contributed by atoms with van der Waals surface area (Å²) in [7, 11) is 1.67. The minimum atomic E-state index is -0.568. The average Bonchev–Trinajstić information content (AvgIpc) is 2.94. The summed E-state index contributed by atoms with van der Waals surface area (Å²) in [5, 5.41) is 4.99. The fourth-order valence-electron chi connectivity index (χ4n) is 5.85. The maximum atomic E-state index is 14.4. The molecule has 0 bridgehead atoms. The van der Waals surface area contributed by atoms with Crippen molar-refractivity contribution in [2.24, 2.45) is 5.41 Å². The number of benzene rings is 3. The molecule has 1 fully saturated rings.